The summed E-state index contributed by atoms with van der Waals surface area (Å²) in [6.07, 6.45) is 4.32. The molecule has 0 aromatic carbocycles. The van der Waals surface area contributed by atoms with Gasteiger partial charge in [-0.25, -0.2) is 0 Å². The van der Waals surface area contributed by atoms with Crippen molar-refractivity contribution in [3.05, 3.63) is 0 Å². The van der Waals surface area contributed by atoms with Crippen LogP contribution in [0.5, 0.6) is 0 Å². The number of rotatable bonds is 0. The van der Waals surface area contributed by atoms with Gasteiger partial charge in [-0.05, 0) is 25.7 Å². The Bertz CT molecular complexity index is 66.9. The molecule has 8 heavy (non-hydrogen) atoms. The predicted molar refractivity (Wildman–Crippen MR) is 37.2 cm³/mol. The molecule has 0 aromatic heterocycles. The molecule has 1 aliphatic carbocycles. The molecular weight excluding hydrogens is 168 g/mol. The first-order chi connectivity index (χ1) is 3.79. The molecule has 2 atom stereocenters. The average Bonchev–Trinajstić information content (AvgIpc) is 1.64. The van der Waals surface area contributed by atoms with E-state index in [4.69, 9.17) is 5.11 Å². The summed E-state index contributed by atoms with van der Waals surface area (Å²) < 4.78 is 0. The fourth-order valence-electron chi connectivity index (χ4n) is 1.11. The van der Waals surface area contributed by atoms with Crippen LogP contribution >= 0.6 is 15.9 Å². The number of hydrogen-bond donors (Lipinski definition) is 1. The van der Waals surface area contributed by atoms with Crippen LogP contribution in [0.15, 0.2) is 0 Å². The highest BCUT2D eigenvalue weighted by molar-refractivity contribution is 9.09. The maximum absolute atomic E-state index is 9.05. The maximum atomic E-state index is 9.05. The van der Waals surface area contributed by atoms with Crippen molar-refractivity contribution >= 4 is 15.9 Å². The third-order valence-electron chi connectivity index (χ3n) is 1.58. The Labute approximate surface area is 58.2 Å². The Morgan fingerprint density at radius 1 is 1.38 bits per heavy atom. The van der Waals surface area contributed by atoms with Gasteiger partial charge in [-0.3, -0.25) is 0 Å². The molecule has 1 nitrogen and oxygen atoms in total. The molecule has 1 aliphatic rings. The highest BCUT2D eigenvalue weighted by atomic mass is 79.9. The summed E-state index contributed by atoms with van der Waals surface area (Å²) in [5.74, 6) is 0. The third kappa shape index (κ3) is 1.75. The minimum Gasteiger partial charge on any atom is -0.393 e. The van der Waals surface area contributed by atoms with E-state index >= 15 is 0 Å². The zero-order chi connectivity index (χ0) is 5.98. The molecule has 48 valence electrons. The molecule has 1 saturated carbocycles. The summed E-state index contributed by atoms with van der Waals surface area (Å²) in [7, 11) is 0. The summed E-state index contributed by atoms with van der Waals surface area (Å²) in [5.41, 5.74) is 0. The first kappa shape index (κ1) is 6.56. The normalized spacial score (nSPS) is 39.8. The van der Waals surface area contributed by atoms with Gasteiger partial charge in [0.25, 0.3) is 0 Å². The molecule has 0 amide bonds. The molecule has 0 heterocycles. The molecular formula is C6H11BrO. The molecule has 1 N–H and O–H groups in total. The van der Waals surface area contributed by atoms with E-state index in [0.29, 0.717) is 4.83 Å². The molecule has 0 bridgehead atoms. The van der Waals surface area contributed by atoms with Crippen molar-refractivity contribution in [2.24, 2.45) is 0 Å². The summed E-state index contributed by atoms with van der Waals surface area (Å²) in [6, 6.07) is 0. The third-order valence-corrected chi connectivity index (χ3v) is 2.41. The van der Waals surface area contributed by atoms with Crippen molar-refractivity contribution in [1.29, 1.82) is 0 Å². The van der Waals surface area contributed by atoms with Crippen molar-refractivity contribution in [3.63, 3.8) is 0 Å². The largest absolute Gasteiger partial charge is 0.393 e. The lowest BCUT2D eigenvalue weighted by atomic mass is 9.98. The molecule has 1 fully saturated rings. The van der Waals surface area contributed by atoms with Gasteiger partial charge in [0.15, 0.2) is 0 Å². The fraction of sp³-hybridized carbons (Fsp3) is 1.00. The van der Waals surface area contributed by atoms with Gasteiger partial charge >= 0.3 is 0 Å². The lowest BCUT2D eigenvalue weighted by Crippen LogP contribution is -2.18. The second-order valence-electron chi connectivity index (χ2n) is 2.42. The van der Waals surface area contributed by atoms with E-state index in [9.17, 15) is 0 Å². The van der Waals surface area contributed by atoms with E-state index in [1.807, 2.05) is 0 Å². The molecule has 0 saturated heterocycles. The molecule has 0 radical (unpaired) electrons. The van der Waals surface area contributed by atoms with Gasteiger partial charge in [-0.1, -0.05) is 15.9 Å². The van der Waals surface area contributed by atoms with Gasteiger partial charge in [-0.2, -0.15) is 0 Å². The van der Waals surface area contributed by atoms with Crippen LogP contribution < -0.4 is 0 Å². The Morgan fingerprint density at radius 2 is 2.12 bits per heavy atom. The SMILES string of the molecule is O[C@@H]1CCC[C@@H](Br)C1. The van der Waals surface area contributed by atoms with Crippen LogP contribution in [0, 0.1) is 0 Å². The standard InChI is InChI=1S/C6H11BrO/c7-5-2-1-3-6(8)4-5/h5-6,8H,1-4H2/t5-,6-/m1/s1. The van der Waals surface area contributed by atoms with Crippen molar-refractivity contribution < 1.29 is 5.11 Å². The minimum atomic E-state index is -0.0341. The average molecular weight is 179 g/mol. The predicted octanol–water partition coefficient (Wildman–Crippen LogP) is 1.68. The van der Waals surface area contributed by atoms with Gasteiger partial charge in [0.2, 0.25) is 0 Å². The summed E-state index contributed by atoms with van der Waals surface area (Å²) >= 11 is 3.47. The van der Waals surface area contributed by atoms with Crippen molar-refractivity contribution in [2.45, 2.75) is 36.6 Å². The molecule has 0 spiro atoms. The molecule has 1 rings (SSSR count). The van der Waals surface area contributed by atoms with Gasteiger partial charge in [0, 0.05) is 4.83 Å². The smallest absolute Gasteiger partial charge is 0.0551 e. The number of alkyl halides is 1. The van der Waals surface area contributed by atoms with Gasteiger partial charge in [-0.15, -0.1) is 0 Å². The van der Waals surface area contributed by atoms with Crippen LogP contribution in [0.3, 0.4) is 0 Å². The Kier molecular flexibility index (Phi) is 2.32. The van der Waals surface area contributed by atoms with E-state index in [1.54, 1.807) is 0 Å². The van der Waals surface area contributed by atoms with E-state index < -0.39 is 0 Å². The number of aliphatic hydroxyl groups excluding tert-OH is 1. The first-order valence-corrected chi connectivity index (χ1v) is 4.03. The number of aliphatic hydroxyl groups is 1. The lowest BCUT2D eigenvalue weighted by Gasteiger charge is -2.20. The van der Waals surface area contributed by atoms with Crippen LogP contribution in [-0.2, 0) is 0 Å². The second kappa shape index (κ2) is 2.83. The minimum absolute atomic E-state index is 0.0341. The van der Waals surface area contributed by atoms with Crippen LogP contribution in [0.1, 0.15) is 25.7 Å². The van der Waals surface area contributed by atoms with E-state index in [1.165, 1.54) is 12.8 Å². The van der Waals surface area contributed by atoms with E-state index in [2.05, 4.69) is 15.9 Å². The highest BCUT2D eigenvalue weighted by Crippen LogP contribution is 2.23. The second-order valence-corrected chi connectivity index (χ2v) is 3.71. The van der Waals surface area contributed by atoms with Crippen molar-refractivity contribution in [3.8, 4) is 0 Å². The molecule has 0 aliphatic heterocycles. The number of hydrogen-bond acceptors (Lipinski definition) is 1. The molecule has 0 aromatic rings. The summed E-state index contributed by atoms with van der Waals surface area (Å²) in [6.45, 7) is 0. The maximum Gasteiger partial charge on any atom is 0.0551 e. The number of halogens is 1. The quantitative estimate of drug-likeness (QED) is 0.561. The molecule has 2 heteroatoms. The van der Waals surface area contributed by atoms with Crippen LogP contribution in [-0.4, -0.2) is 16.0 Å². The van der Waals surface area contributed by atoms with Crippen LogP contribution in [0.25, 0.3) is 0 Å². The summed E-state index contributed by atoms with van der Waals surface area (Å²) in [5, 5.41) is 9.05. The van der Waals surface area contributed by atoms with Crippen molar-refractivity contribution in [2.75, 3.05) is 0 Å². The van der Waals surface area contributed by atoms with Crippen LogP contribution in [0.4, 0.5) is 0 Å². The van der Waals surface area contributed by atoms with Gasteiger partial charge in [0.1, 0.15) is 0 Å². The van der Waals surface area contributed by atoms with Crippen LogP contribution in [0.2, 0.25) is 0 Å². The van der Waals surface area contributed by atoms with E-state index in [0.717, 1.165) is 12.8 Å². The zero-order valence-corrected chi connectivity index (χ0v) is 6.39. The van der Waals surface area contributed by atoms with Gasteiger partial charge in [0.05, 0.1) is 6.10 Å². The van der Waals surface area contributed by atoms with E-state index in [-0.39, 0.29) is 6.10 Å². The fourth-order valence-corrected chi connectivity index (χ4v) is 1.86. The monoisotopic (exact) mass is 178 g/mol. The first-order valence-electron chi connectivity index (χ1n) is 3.11. The molecule has 0 unspecified atom stereocenters. The Morgan fingerprint density at radius 3 is 2.50 bits per heavy atom. The Balaban J connectivity index is 2.23. The Hall–Kier alpha value is 0.440. The van der Waals surface area contributed by atoms with Crippen molar-refractivity contribution in [1.82, 2.24) is 0 Å². The zero-order valence-electron chi connectivity index (χ0n) is 4.81. The lowest BCUT2D eigenvalue weighted by molar-refractivity contribution is 0.134. The van der Waals surface area contributed by atoms with Gasteiger partial charge < -0.3 is 5.11 Å². The topological polar surface area (TPSA) is 20.2 Å². The highest BCUT2D eigenvalue weighted by Gasteiger charge is 2.16. The summed E-state index contributed by atoms with van der Waals surface area (Å²) in [4.78, 5) is 0.575.